The summed E-state index contributed by atoms with van der Waals surface area (Å²) in [5.74, 6) is -0.0816. The monoisotopic (exact) mass is 327 g/mol. The minimum absolute atomic E-state index is 0.0816. The number of hydrogen-bond donors (Lipinski definition) is 1. The van der Waals surface area contributed by atoms with E-state index < -0.39 is 6.10 Å². The van der Waals surface area contributed by atoms with Gasteiger partial charge in [0.25, 0.3) is 0 Å². The number of amides is 1. The lowest BCUT2D eigenvalue weighted by atomic mass is 10.1. The zero-order valence-electron chi connectivity index (χ0n) is 14.7. The SMILES string of the molecule is Cc1nn(-c2ccccc2)c(C)c1/C=C/C(=O)N(C)CCC(C)O. The molecule has 0 aliphatic carbocycles. The van der Waals surface area contributed by atoms with Crippen molar-refractivity contribution in [1.82, 2.24) is 14.7 Å². The van der Waals surface area contributed by atoms with Crippen LogP contribution in [-0.4, -0.2) is 45.4 Å². The van der Waals surface area contributed by atoms with Crippen LogP contribution < -0.4 is 0 Å². The Balaban J connectivity index is 2.15. The molecule has 1 atom stereocenters. The number of nitrogens with zero attached hydrogens (tertiary/aromatic N) is 3. The first kappa shape index (κ1) is 17.9. The maximum Gasteiger partial charge on any atom is 0.246 e. The molecule has 0 bridgehead atoms. The summed E-state index contributed by atoms with van der Waals surface area (Å²) >= 11 is 0. The maximum absolute atomic E-state index is 12.2. The summed E-state index contributed by atoms with van der Waals surface area (Å²) in [5, 5.41) is 13.9. The van der Waals surface area contributed by atoms with Gasteiger partial charge in [-0.25, -0.2) is 4.68 Å². The van der Waals surface area contributed by atoms with E-state index in [1.54, 1.807) is 24.9 Å². The van der Waals surface area contributed by atoms with Crippen molar-refractivity contribution < 1.29 is 9.90 Å². The van der Waals surface area contributed by atoms with Crippen molar-refractivity contribution >= 4 is 12.0 Å². The normalized spacial score (nSPS) is 12.5. The van der Waals surface area contributed by atoms with Crippen molar-refractivity contribution in [2.75, 3.05) is 13.6 Å². The molecule has 0 saturated heterocycles. The van der Waals surface area contributed by atoms with Gasteiger partial charge in [0.1, 0.15) is 0 Å². The molecule has 0 saturated carbocycles. The van der Waals surface area contributed by atoms with Crippen LogP contribution in [0, 0.1) is 13.8 Å². The molecule has 0 spiro atoms. The summed E-state index contributed by atoms with van der Waals surface area (Å²) in [6.45, 7) is 6.18. The van der Waals surface area contributed by atoms with Gasteiger partial charge in [0, 0.05) is 30.9 Å². The van der Waals surface area contributed by atoms with Crippen molar-refractivity contribution in [3.05, 3.63) is 53.4 Å². The van der Waals surface area contributed by atoms with E-state index in [4.69, 9.17) is 0 Å². The molecule has 24 heavy (non-hydrogen) atoms. The molecule has 2 rings (SSSR count). The van der Waals surface area contributed by atoms with E-state index in [0.717, 1.165) is 22.6 Å². The van der Waals surface area contributed by atoms with Gasteiger partial charge in [-0.1, -0.05) is 18.2 Å². The summed E-state index contributed by atoms with van der Waals surface area (Å²) in [4.78, 5) is 13.8. The predicted octanol–water partition coefficient (Wildman–Crippen LogP) is 2.73. The van der Waals surface area contributed by atoms with Gasteiger partial charge < -0.3 is 10.0 Å². The molecule has 1 aromatic carbocycles. The Morgan fingerprint density at radius 2 is 2.00 bits per heavy atom. The van der Waals surface area contributed by atoms with E-state index in [-0.39, 0.29) is 5.91 Å². The van der Waals surface area contributed by atoms with Gasteiger partial charge in [-0.2, -0.15) is 5.10 Å². The van der Waals surface area contributed by atoms with Crippen molar-refractivity contribution in [1.29, 1.82) is 0 Å². The summed E-state index contributed by atoms with van der Waals surface area (Å²) < 4.78 is 1.89. The molecule has 1 heterocycles. The Hall–Kier alpha value is -2.40. The second-order valence-corrected chi connectivity index (χ2v) is 6.06. The van der Waals surface area contributed by atoms with E-state index in [1.807, 2.05) is 54.9 Å². The number of aryl methyl sites for hydroxylation is 1. The van der Waals surface area contributed by atoms with Crippen LogP contribution in [0.4, 0.5) is 0 Å². The van der Waals surface area contributed by atoms with Crippen molar-refractivity contribution in [2.45, 2.75) is 33.3 Å². The molecule has 128 valence electrons. The topological polar surface area (TPSA) is 58.4 Å². The number of aliphatic hydroxyl groups is 1. The molecule has 0 aliphatic heterocycles. The van der Waals surface area contributed by atoms with Gasteiger partial charge in [0.15, 0.2) is 0 Å². The molecule has 0 radical (unpaired) electrons. The largest absolute Gasteiger partial charge is 0.393 e. The first-order valence-corrected chi connectivity index (χ1v) is 8.13. The number of carbonyl (C=O) groups is 1. The molecular formula is C19H25N3O2. The fourth-order valence-corrected chi connectivity index (χ4v) is 2.49. The van der Waals surface area contributed by atoms with E-state index in [2.05, 4.69) is 5.10 Å². The van der Waals surface area contributed by atoms with Crippen LogP contribution in [0.25, 0.3) is 11.8 Å². The molecule has 1 aromatic heterocycles. The molecule has 5 heteroatoms. The number of carbonyl (C=O) groups excluding carboxylic acids is 1. The van der Waals surface area contributed by atoms with Crippen LogP contribution in [-0.2, 0) is 4.79 Å². The lowest BCUT2D eigenvalue weighted by Gasteiger charge is -2.15. The highest BCUT2D eigenvalue weighted by Gasteiger charge is 2.12. The van der Waals surface area contributed by atoms with Gasteiger partial charge in [-0.15, -0.1) is 0 Å². The third-order valence-corrected chi connectivity index (χ3v) is 4.00. The van der Waals surface area contributed by atoms with Crippen LogP contribution in [0.15, 0.2) is 36.4 Å². The second kappa shape index (κ2) is 7.93. The van der Waals surface area contributed by atoms with E-state index in [1.165, 1.54) is 0 Å². The van der Waals surface area contributed by atoms with Gasteiger partial charge in [0.05, 0.1) is 17.5 Å². The van der Waals surface area contributed by atoms with Crippen LogP contribution in [0.5, 0.6) is 0 Å². The minimum Gasteiger partial charge on any atom is -0.393 e. The smallest absolute Gasteiger partial charge is 0.246 e. The molecular weight excluding hydrogens is 302 g/mol. The highest BCUT2D eigenvalue weighted by Crippen LogP contribution is 2.19. The fourth-order valence-electron chi connectivity index (χ4n) is 2.49. The number of likely N-dealkylation sites (N-methyl/N-ethyl adjacent to an activating group) is 1. The molecule has 0 aliphatic rings. The quantitative estimate of drug-likeness (QED) is 0.830. The molecule has 0 fully saturated rings. The standard InChI is InChI=1S/C19H25N3O2/c1-14(23)12-13-21(4)19(24)11-10-18-15(2)20-22(16(18)3)17-8-6-5-7-9-17/h5-11,14,23H,12-13H2,1-4H3/b11-10+. The van der Waals surface area contributed by atoms with Crippen LogP contribution in [0.1, 0.15) is 30.3 Å². The van der Waals surface area contributed by atoms with E-state index in [0.29, 0.717) is 13.0 Å². The Morgan fingerprint density at radius 3 is 2.62 bits per heavy atom. The molecule has 1 amide bonds. The predicted molar refractivity (Wildman–Crippen MR) is 96.0 cm³/mol. The lowest BCUT2D eigenvalue weighted by molar-refractivity contribution is -0.124. The zero-order valence-corrected chi connectivity index (χ0v) is 14.7. The number of para-hydroxylation sites is 1. The first-order chi connectivity index (χ1) is 11.4. The minimum atomic E-state index is -0.405. The van der Waals surface area contributed by atoms with Crippen molar-refractivity contribution in [3.8, 4) is 5.69 Å². The molecule has 5 nitrogen and oxygen atoms in total. The summed E-state index contributed by atoms with van der Waals surface area (Å²) in [6, 6.07) is 9.92. The summed E-state index contributed by atoms with van der Waals surface area (Å²) in [7, 11) is 1.74. The van der Waals surface area contributed by atoms with Crippen molar-refractivity contribution in [3.63, 3.8) is 0 Å². The molecule has 1 unspecified atom stereocenters. The lowest BCUT2D eigenvalue weighted by Crippen LogP contribution is -2.27. The summed E-state index contributed by atoms with van der Waals surface area (Å²) in [5.41, 5.74) is 3.83. The summed E-state index contributed by atoms with van der Waals surface area (Å²) in [6.07, 6.45) is 3.55. The Labute approximate surface area is 143 Å². The number of benzene rings is 1. The Kier molecular flexibility index (Phi) is 5.93. The Morgan fingerprint density at radius 1 is 1.33 bits per heavy atom. The highest BCUT2D eigenvalue weighted by molar-refractivity contribution is 5.91. The number of aromatic nitrogens is 2. The number of hydrogen-bond acceptors (Lipinski definition) is 3. The second-order valence-electron chi connectivity index (χ2n) is 6.06. The van der Waals surface area contributed by atoms with Crippen LogP contribution in [0.3, 0.4) is 0 Å². The number of aliphatic hydroxyl groups excluding tert-OH is 1. The van der Waals surface area contributed by atoms with Gasteiger partial charge in [-0.3, -0.25) is 4.79 Å². The molecule has 2 aromatic rings. The average Bonchev–Trinajstić information content (AvgIpc) is 2.85. The maximum atomic E-state index is 12.2. The first-order valence-electron chi connectivity index (χ1n) is 8.13. The van der Waals surface area contributed by atoms with E-state index >= 15 is 0 Å². The Bertz CT molecular complexity index is 718. The van der Waals surface area contributed by atoms with Gasteiger partial charge >= 0.3 is 0 Å². The highest BCUT2D eigenvalue weighted by atomic mass is 16.3. The van der Waals surface area contributed by atoms with Crippen molar-refractivity contribution in [2.24, 2.45) is 0 Å². The van der Waals surface area contributed by atoms with E-state index in [9.17, 15) is 9.90 Å². The third-order valence-electron chi connectivity index (χ3n) is 4.00. The van der Waals surface area contributed by atoms with Gasteiger partial charge in [-0.05, 0) is 45.4 Å². The molecule has 1 N–H and O–H groups in total. The fraction of sp³-hybridized carbons (Fsp3) is 0.368. The average molecular weight is 327 g/mol. The zero-order chi connectivity index (χ0) is 17.7. The van der Waals surface area contributed by atoms with Gasteiger partial charge in [0.2, 0.25) is 5.91 Å². The third kappa shape index (κ3) is 4.32. The number of rotatable bonds is 6. The van der Waals surface area contributed by atoms with Crippen LogP contribution >= 0.6 is 0 Å². The van der Waals surface area contributed by atoms with Crippen LogP contribution in [0.2, 0.25) is 0 Å².